The first-order valence-electron chi connectivity index (χ1n) is 9.39. The first-order chi connectivity index (χ1) is 11.5. The normalized spacial score (nSPS) is 14.1. The molecule has 0 N–H and O–H groups in total. The van der Waals surface area contributed by atoms with Crippen molar-refractivity contribution in [3.05, 3.63) is 35.9 Å². The van der Waals surface area contributed by atoms with Gasteiger partial charge < -0.3 is 0 Å². The Morgan fingerprint density at radius 1 is 0.833 bits per heavy atom. The van der Waals surface area contributed by atoms with Gasteiger partial charge in [0.05, 0.1) is 12.1 Å². The molecule has 1 aromatic rings. The second-order valence-corrected chi connectivity index (χ2v) is 14.2. The number of nitrogens with zero attached hydrogens (tertiary/aromatic N) is 2. The van der Waals surface area contributed by atoms with Crippen LogP contribution in [0.3, 0.4) is 0 Å². The van der Waals surface area contributed by atoms with Crippen LogP contribution in [0.1, 0.15) is 58.9 Å². The zero-order chi connectivity index (χ0) is 18.1. The molecule has 0 unspecified atom stereocenters. The van der Waals surface area contributed by atoms with E-state index in [1.165, 1.54) is 5.56 Å². The molecular formula is C20H32N2Si2. The molecule has 0 amide bonds. The van der Waals surface area contributed by atoms with Gasteiger partial charge >= 0.3 is 0 Å². The number of rotatable bonds is 10. The Labute approximate surface area is 152 Å². The summed E-state index contributed by atoms with van der Waals surface area (Å²) >= 11 is 0. The van der Waals surface area contributed by atoms with Crippen LogP contribution in [0.2, 0.25) is 15.2 Å². The molecule has 0 aliphatic carbocycles. The Bertz CT molecular complexity index is 532. The molecule has 0 heterocycles. The van der Waals surface area contributed by atoms with Crippen molar-refractivity contribution >= 4 is 19.0 Å². The van der Waals surface area contributed by atoms with Crippen molar-refractivity contribution in [2.75, 3.05) is 0 Å². The van der Waals surface area contributed by atoms with Crippen LogP contribution < -0.4 is 0 Å². The van der Waals surface area contributed by atoms with E-state index in [0.29, 0.717) is 5.16 Å². The quantitative estimate of drug-likeness (QED) is 0.586. The first kappa shape index (κ1) is 20.7. The van der Waals surface area contributed by atoms with E-state index in [1.54, 1.807) is 0 Å². The van der Waals surface area contributed by atoms with Crippen molar-refractivity contribution in [3.63, 3.8) is 0 Å². The van der Waals surface area contributed by atoms with Crippen molar-refractivity contribution in [2.45, 2.75) is 75.0 Å². The second kappa shape index (κ2) is 9.81. The lowest BCUT2D eigenvalue weighted by molar-refractivity contribution is 0.616. The van der Waals surface area contributed by atoms with Gasteiger partial charge in [-0.3, -0.25) is 0 Å². The van der Waals surface area contributed by atoms with E-state index >= 15 is 0 Å². The average Bonchev–Trinajstić information content (AvgIpc) is 2.65. The van der Waals surface area contributed by atoms with Crippen LogP contribution in [0.25, 0.3) is 0 Å². The number of nitriles is 2. The maximum Gasteiger partial charge on any atom is 0.0650 e. The fourth-order valence-corrected chi connectivity index (χ4v) is 12.1. The third-order valence-corrected chi connectivity index (χ3v) is 13.3. The highest BCUT2D eigenvalue weighted by molar-refractivity contribution is 6.63. The van der Waals surface area contributed by atoms with Crippen molar-refractivity contribution in [2.24, 2.45) is 0 Å². The van der Waals surface area contributed by atoms with Gasteiger partial charge in [-0.2, -0.15) is 10.5 Å². The van der Waals surface area contributed by atoms with E-state index < -0.39 is 19.0 Å². The van der Waals surface area contributed by atoms with Gasteiger partial charge in [0, 0.05) is 29.1 Å². The molecule has 1 rings (SSSR count). The van der Waals surface area contributed by atoms with Crippen molar-refractivity contribution in [3.8, 4) is 12.1 Å². The topological polar surface area (TPSA) is 47.6 Å². The molecule has 130 valence electrons. The smallest absolute Gasteiger partial charge is 0.0650 e. The summed E-state index contributed by atoms with van der Waals surface area (Å²) in [6.45, 7) is 8.66. The molecule has 0 fully saturated rings. The largest absolute Gasteiger partial charge is 0.198 e. The number of benzene rings is 1. The minimum Gasteiger partial charge on any atom is -0.198 e. The van der Waals surface area contributed by atoms with Crippen LogP contribution in [-0.4, -0.2) is 19.0 Å². The van der Waals surface area contributed by atoms with Crippen LogP contribution in [0.4, 0.5) is 0 Å². The van der Waals surface area contributed by atoms with E-state index in [-0.39, 0.29) is 10.1 Å². The molecule has 4 heteroatoms. The molecular weight excluding hydrogens is 324 g/mol. The molecule has 0 aromatic heterocycles. The standard InChI is InChI=1S/C20H32N2Si2/c1-5-19(6-2,15-21)23-18(14-17-12-10-9-11-13-17)24-20(7-3,8-4)16-22/h9-13,18H,5-8,14,23-24H2,1-4H3. The predicted molar refractivity (Wildman–Crippen MR) is 109 cm³/mol. The van der Waals surface area contributed by atoms with Crippen molar-refractivity contribution < 1.29 is 0 Å². The summed E-state index contributed by atoms with van der Waals surface area (Å²) < 4.78 is 0. The molecule has 0 aliphatic rings. The van der Waals surface area contributed by atoms with Gasteiger partial charge in [-0.1, -0.05) is 63.2 Å². The monoisotopic (exact) mass is 356 g/mol. The first-order valence-corrected chi connectivity index (χ1v) is 12.4. The lowest BCUT2D eigenvalue weighted by atomic mass is 10.0. The van der Waals surface area contributed by atoms with Crippen LogP contribution >= 0.6 is 0 Å². The Kier molecular flexibility index (Phi) is 8.46. The van der Waals surface area contributed by atoms with E-state index in [2.05, 4.69) is 70.2 Å². The lowest BCUT2D eigenvalue weighted by Crippen LogP contribution is -2.32. The molecule has 1 aromatic carbocycles. The summed E-state index contributed by atoms with van der Waals surface area (Å²) in [5.74, 6) is 0. The van der Waals surface area contributed by atoms with Gasteiger partial charge in [-0.05, 0) is 37.7 Å². The number of hydrogen-bond donors (Lipinski definition) is 0. The highest BCUT2D eigenvalue weighted by atomic mass is 28.3. The second-order valence-electron chi connectivity index (χ2n) is 7.16. The average molecular weight is 357 g/mol. The van der Waals surface area contributed by atoms with Gasteiger partial charge in [-0.25, -0.2) is 0 Å². The highest BCUT2D eigenvalue weighted by Crippen LogP contribution is 2.41. The van der Waals surface area contributed by atoms with Crippen LogP contribution in [0, 0.1) is 22.7 Å². The third kappa shape index (κ3) is 5.33. The molecule has 24 heavy (non-hydrogen) atoms. The van der Waals surface area contributed by atoms with Crippen LogP contribution in [0.5, 0.6) is 0 Å². The maximum absolute atomic E-state index is 9.80. The Balaban J connectivity index is 3.07. The maximum atomic E-state index is 9.80. The van der Waals surface area contributed by atoms with Gasteiger partial charge in [0.1, 0.15) is 0 Å². The zero-order valence-corrected chi connectivity index (χ0v) is 18.6. The molecule has 0 radical (unpaired) electrons. The summed E-state index contributed by atoms with van der Waals surface area (Å²) in [4.78, 5) is 0. The fourth-order valence-electron chi connectivity index (χ4n) is 3.75. The van der Waals surface area contributed by atoms with E-state index in [9.17, 15) is 10.5 Å². The Morgan fingerprint density at radius 2 is 1.25 bits per heavy atom. The van der Waals surface area contributed by atoms with Gasteiger partial charge in [-0.15, -0.1) is 0 Å². The Hall–Kier alpha value is -1.37. The van der Waals surface area contributed by atoms with E-state index in [0.717, 1.165) is 32.1 Å². The summed E-state index contributed by atoms with van der Waals surface area (Å²) in [6, 6.07) is 16.0. The molecule has 0 bridgehead atoms. The molecule has 0 saturated carbocycles. The fraction of sp³-hybridized carbons (Fsp3) is 0.600. The van der Waals surface area contributed by atoms with Gasteiger partial charge in [0.15, 0.2) is 0 Å². The zero-order valence-electron chi connectivity index (χ0n) is 15.8. The molecule has 0 spiro atoms. The minimum atomic E-state index is -0.570. The lowest BCUT2D eigenvalue weighted by Gasteiger charge is -2.33. The van der Waals surface area contributed by atoms with Crippen molar-refractivity contribution in [1.82, 2.24) is 0 Å². The molecule has 0 saturated heterocycles. The van der Waals surface area contributed by atoms with Crippen LogP contribution in [-0.2, 0) is 6.42 Å². The summed E-state index contributed by atoms with van der Waals surface area (Å²) in [5, 5.41) is 20.1. The van der Waals surface area contributed by atoms with Crippen LogP contribution in [0.15, 0.2) is 30.3 Å². The predicted octanol–water partition coefficient (Wildman–Crippen LogP) is 4.32. The SMILES string of the molecule is CCC(C#N)(CC)[SiH2]C(Cc1ccccc1)[SiH2]C(C#N)(CC)CC. The Morgan fingerprint density at radius 3 is 1.58 bits per heavy atom. The van der Waals surface area contributed by atoms with Gasteiger partial charge in [0.25, 0.3) is 0 Å². The minimum absolute atomic E-state index is 0.0882. The summed E-state index contributed by atoms with van der Waals surface area (Å²) in [5.41, 5.74) is 1.38. The summed E-state index contributed by atoms with van der Waals surface area (Å²) in [7, 11) is -1.14. The molecule has 0 atom stereocenters. The van der Waals surface area contributed by atoms with E-state index in [4.69, 9.17) is 0 Å². The summed E-state index contributed by atoms with van der Waals surface area (Å²) in [6.07, 6.45) is 4.92. The van der Waals surface area contributed by atoms with Crippen molar-refractivity contribution in [1.29, 1.82) is 10.5 Å². The number of hydrogen-bond acceptors (Lipinski definition) is 2. The van der Waals surface area contributed by atoms with E-state index in [1.807, 2.05) is 0 Å². The third-order valence-electron chi connectivity index (χ3n) is 5.91. The van der Waals surface area contributed by atoms with Gasteiger partial charge in [0.2, 0.25) is 0 Å². The molecule has 0 aliphatic heterocycles. The molecule has 2 nitrogen and oxygen atoms in total. The highest BCUT2D eigenvalue weighted by Gasteiger charge is 2.36.